The molecule has 0 heterocycles. The molecule has 0 aromatic heterocycles. The molecule has 21 heavy (non-hydrogen) atoms. The van der Waals surface area contributed by atoms with Gasteiger partial charge in [-0.1, -0.05) is 23.2 Å². The van der Waals surface area contributed by atoms with Crippen LogP contribution in [0.5, 0.6) is 0 Å². The number of hydrogen-bond acceptors (Lipinski definition) is 3. The van der Waals surface area contributed by atoms with Crippen LogP contribution < -0.4 is 5.32 Å². The van der Waals surface area contributed by atoms with E-state index in [0.29, 0.717) is 28.3 Å². The van der Waals surface area contributed by atoms with Crippen molar-refractivity contribution in [2.24, 2.45) is 5.92 Å². The number of carbonyl (C=O) groups is 1. The number of carbonyl (C=O) groups excluding carboxylic acids is 1. The lowest BCUT2D eigenvalue weighted by Gasteiger charge is -2.23. The van der Waals surface area contributed by atoms with Gasteiger partial charge in [0.15, 0.2) is 0 Å². The predicted octanol–water partition coefficient (Wildman–Crippen LogP) is 3.56. The van der Waals surface area contributed by atoms with Gasteiger partial charge >= 0.3 is 0 Å². The lowest BCUT2D eigenvalue weighted by Crippen LogP contribution is -2.36. The number of nitrogens with zero attached hydrogens (tertiary/aromatic N) is 2. The fourth-order valence-corrected chi connectivity index (χ4v) is 2.90. The summed E-state index contributed by atoms with van der Waals surface area (Å²) in [5, 5.41) is 12.6. The van der Waals surface area contributed by atoms with Crippen LogP contribution in [-0.4, -0.2) is 30.4 Å². The zero-order valence-corrected chi connectivity index (χ0v) is 13.3. The molecular weight excluding hydrogens is 309 g/mol. The summed E-state index contributed by atoms with van der Waals surface area (Å²) in [4.78, 5) is 14.0. The Morgan fingerprint density at radius 3 is 2.81 bits per heavy atom. The number of nitriles is 1. The Balaban J connectivity index is 1.87. The second-order valence-electron chi connectivity index (χ2n) is 5.39. The number of nitrogens with one attached hydrogen (secondary N) is 1. The average Bonchev–Trinajstić information content (AvgIpc) is 2.92. The summed E-state index contributed by atoms with van der Waals surface area (Å²) in [5.74, 6) is 0.0203. The van der Waals surface area contributed by atoms with Crippen LogP contribution in [0.15, 0.2) is 18.2 Å². The fraction of sp³-hybridized carbons (Fsp3) is 0.467. The van der Waals surface area contributed by atoms with E-state index in [1.807, 2.05) is 11.9 Å². The maximum atomic E-state index is 12.0. The average molecular weight is 326 g/mol. The third kappa shape index (κ3) is 4.34. The van der Waals surface area contributed by atoms with E-state index in [9.17, 15) is 4.79 Å². The van der Waals surface area contributed by atoms with Crippen molar-refractivity contribution in [2.75, 3.05) is 18.9 Å². The van der Waals surface area contributed by atoms with E-state index < -0.39 is 0 Å². The molecule has 2 atom stereocenters. The van der Waals surface area contributed by atoms with Gasteiger partial charge in [0.2, 0.25) is 5.91 Å². The molecule has 1 saturated carbocycles. The molecule has 2 rings (SSSR count). The Labute approximate surface area is 134 Å². The minimum atomic E-state index is -0.101. The van der Waals surface area contributed by atoms with Crippen LogP contribution in [0.1, 0.15) is 19.3 Å². The Hall–Kier alpha value is -1.28. The van der Waals surface area contributed by atoms with Gasteiger partial charge in [-0.15, -0.1) is 0 Å². The number of amides is 1. The monoisotopic (exact) mass is 325 g/mol. The normalized spacial score (nSPS) is 21.3. The molecule has 0 saturated heterocycles. The van der Waals surface area contributed by atoms with Crippen LogP contribution in [0.2, 0.25) is 10.0 Å². The molecular formula is C15H17Cl2N3O. The smallest absolute Gasteiger partial charge is 0.238 e. The molecule has 2 unspecified atom stereocenters. The first-order valence-electron chi connectivity index (χ1n) is 6.84. The van der Waals surface area contributed by atoms with Crippen molar-refractivity contribution >= 4 is 34.8 Å². The van der Waals surface area contributed by atoms with Crippen LogP contribution in [0.4, 0.5) is 5.69 Å². The minimum absolute atomic E-state index is 0.101. The van der Waals surface area contributed by atoms with Gasteiger partial charge in [-0.3, -0.25) is 9.69 Å². The maximum absolute atomic E-state index is 12.0. The Bertz CT molecular complexity index is 571. The summed E-state index contributed by atoms with van der Waals surface area (Å²) in [6, 6.07) is 7.59. The van der Waals surface area contributed by atoms with Gasteiger partial charge in [-0.25, -0.2) is 0 Å². The number of halogens is 2. The third-order valence-corrected chi connectivity index (χ3v) is 4.55. The molecule has 0 radical (unpaired) electrons. The highest BCUT2D eigenvalue weighted by atomic mass is 35.5. The van der Waals surface area contributed by atoms with Crippen molar-refractivity contribution in [1.82, 2.24) is 4.90 Å². The first-order valence-corrected chi connectivity index (χ1v) is 7.60. The van der Waals surface area contributed by atoms with Crippen LogP contribution in [0.25, 0.3) is 0 Å². The molecule has 1 amide bonds. The molecule has 1 aromatic rings. The Morgan fingerprint density at radius 1 is 1.43 bits per heavy atom. The van der Waals surface area contributed by atoms with E-state index in [-0.39, 0.29) is 11.8 Å². The van der Waals surface area contributed by atoms with Crippen molar-refractivity contribution < 1.29 is 4.79 Å². The van der Waals surface area contributed by atoms with Crippen LogP contribution in [0.3, 0.4) is 0 Å². The quantitative estimate of drug-likeness (QED) is 0.920. The lowest BCUT2D eigenvalue weighted by molar-refractivity contribution is -0.117. The van der Waals surface area contributed by atoms with Crippen molar-refractivity contribution in [2.45, 2.75) is 25.3 Å². The molecule has 112 valence electrons. The number of hydrogen-bond donors (Lipinski definition) is 1. The highest BCUT2D eigenvalue weighted by Crippen LogP contribution is 2.28. The highest BCUT2D eigenvalue weighted by molar-refractivity contribution is 6.42. The molecule has 6 heteroatoms. The van der Waals surface area contributed by atoms with E-state index in [1.165, 1.54) is 0 Å². The molecule has 0 spiro atoms. The molecule has 1 aliphatic carbocycles. The van der Waals surface area contributed by atoms with Gasteiger partial charge in [-0.05, 0) is 44.5 Å². The van der Waals surface area contributed by atoms with E-state index in [4.69, 9.17) is 28.5 Å². The van der Waals surface area contributed by atoms with Gasteiger partial charge in [0.05, 0.1) is 22.7 Å². The second kappa shape index (κ2) is 7.13. The summed E-state index contributed by atoms with van der Waals surface area (Å²) in [6.07, 6.45) is 2.72. The maximum Gasteiger partial charge on any atom is 0.238 e. The van der Waals surface area contributed by atoms with Gasteiger partial charge in [-0.2, -0.15) is 5.26 Å². The van der Waals surface area contributed by atoms with Gasteiger partial charge < -0.3 is 5.32 Å². The predicted molar refractivity (Wildman–Crippen MR) is 84.5 cm³/mol. The van der Waals surface area contributed by atoms with Crippen LogP contribution >= 0.6 is 23.2 Å². The van der Waals surface area contributed by atoms with E-state index in [2.05, 4.69) is 11.4 Å². The van der Waals surface area contributed by atoms with E-state index >= 15 is 0 Å². The third-order valence-electron chi connectivity index (χ3n) is 3.81. The summed E-state index contributed by atoms with van der Waals surface area (Å²) in [7, 11) is 1.92. The van der Waals surface area contributed by atoms with Crippen LogP contribution in [0, 0.1) is 17.2 Å². The van der Waals surface area contributed by atoms with Crippen molar-refractivity contribution in [3.05, 3.63) is 28.2 Å². The van der Waals surface area contributed by atoms with Crippen molar-refractivity contribution in [3.8, 4) is 6.07 Å². The zero-order chi connectivity index (χ0) is 15.4. The Morgan fingerprint density at radius 2 is 2.19 bits per heavy atom. The number of likely N-dealkylation sites (N-methyl/N-ethyl adjacent to an activating group) is 1. The summed E-state index contributed by atoms with van der Waals surface area (Å²) < 4.78 is 0. The van der Waals surface area contributed by atoms with Crippen molar-refractivity contribution in [3.63, 3.8) is 0 Å². The molecule has 1 N–H and O–H groups in total. The van der Waals surface area contributed by atoms with Crippen LogP contribution in [-0.2, 0) is 4.79 Å². The number of anilines is 1. The van der Waals surface area contributed by atoms with E-state index in [1.54, 1.807) is 18.2 Å². The second-order valence-corrected chi connectivity index (χ2v) is 6.20. The highest BCUT2D eigenvalue weighted by Gasteiger charge is 2.28. The molecule has 1 fully saturated rings. The molecule has 1 aromatic carbocycles. The largest absolute Gasteiger partial charge is 0.325 e. The lowest BCUT2D eigenvalue weighted by atomic mass is 10.1. The first kappa shape index (κ1) is 16.1. The topological polar surface area (TPSA) is 56.1 Å². The summed E-state index contributed by atoms with van der Waals surface area (Å²) in [5.41, 5.74) is 0.629. The molecule has 0 bridgehead atoms. The zero-order valence-electron chi connectivity index (χ0n) is 11.8. The number of rotatable bonds is 4. The molecule has 1 aliphatic rings. The standard InChI is InChI=1S/C15H17Cl2N3O/c1-20(12-4-2-10(6-12)8-18)9-15(21)19-11-3-5-13(16)14(17)7-11/h3,5,7,10,12H,2,4,6,9H2,1H3,(H,19,21). The summed E-state index contributed by atoms with van der Waals surface area (Å²) >= 11 is 11.8. The molecule has 4 nitrogen and oxygen atoms in total. The number of benzene rings is 1. The Kier molecular flexibility index (Phi) is 5.46. The SMILES string of the molecule is CN(CC(=O)Nc1ccc(Cl)c(Cl)c1)C1CCC(C#N)C1. The fourth-order valence-electron chi connectivity index (χ4n) is 2.61. The van der Waals surface area contributed by atoms with Gasteiger partial charge in [0, 0.05) is 17.6 Å². The summed E-state index contributed by atoms with van der Waals surface area (Å²) in [6.45, 7) is 0.295. The van der Waals surface area contributed by atoms with Gasteiger partial charge in [0.1, 0.15) is 0 Å². The van der Waals surface area contributed by atoms with Gasteiger partial charge in [0.25, 0.3) is 0 Å². The van der Waals surface area contributed by atoms with E-state index in [0.717, 1.165) is 19.3 Å². The minimum Gasteiger partial charge on any atom is -0.325 e. The molecule has 0 aliphatic heterocycles. The van der Waals surface area contributed by atoms with Crippen molar-refractivity contribution in [1.29, 1.82) is 5.26 Å². The first-order chi connectivity index (χ1) is 9.99.